The fourth-order valence-electron chi connectivity index (χ4n) is 1.48. The standard InChI is InChI=1S/C12H8BrClN2O4S/c13-7-1-4-11(9(14)5-7)21(19,20)16-8-2-3-10(12(17)18)15-6-8/h1-6,16H,(H,17,18). The average Bonchev–Trinajstić information content (AvgIpc) is 2.38. The number of halogens is 2. The van der Waals surface area contributed by atoms with E-state index in [-0.39, 0.29) is 21.3 Å². The van der Waals surface area contributed by atoms with Crippen LogP contribution in [-0.2, 0) is 10.0 Å². The van der Waals surface area contributed by atoms with Crippen molar-refractivity contribution in [1.29, 1.82) is 0 Å². The molecule has 0 atom stereocenters. The van der Waals surface area contributed by atoms with Gasteiger partial charge in [-0.1, -0.05) is 27.5 Å². The van der Waals surface area contributed by atoms with Crippen LogP contribution < -0.4 is 4.72 Å². The van der Waals surface area contributed by atoms with E-state index in [1.54, 1.807) is 6.07 Å². The van der Waals surface area contributed by atoms with E-state index >= 15 is 0 Å². The van der Waals surface area contributed by atoms with E-state index in [0.29, 0.717) is 4.47 Å². The molecule has 1 aromatic carbocycles. The largest absolute Gasteiger partial charge is 0.477 e. The van der Waals surface area contributed by atoms with Crippen LogP contribution in [0.15, 0.2) is 45.9 Å². The topological polar surface area (TPSA) is 96.4 Å². The number of carboxylic acids is 1. The molecule has 0 saturated heterocycles. The third kappa shape index (κ3) is 3.72. The van der Waals surface area contributed by atoms with Gasteiger partial charge in [-0.25, -0.2) is 18.2 Å². The molecule has 2 aromatic rings. The van der Waals surface area contributed by atoms with Crippen LogP contribution >= 0.6 is 27.5 Å². The normalized spacial score (nSPS) is 11.1. The molecule has 1 heterocycles. The number of nitrogens with one attached hydrogen (secondary N) is 1. The number of rotatable bonds is 4. The lowest BCUT2D eigenvalue weighted by Crippen LogP contribution is -2.14. The van der Waals surface area contributed by atoms with Gasteiger partial charge in [0.1, 0.15) is 10.6 Å². The monoisotopic (exact) mass is 390 g/mol. The Bertz CT molecular complexity index is 793. The highest BCUT2D eigenvalue weighted by molar-refractivity contribution is 9.10. The van der Waals surface area contributed by atoms with Crippen LogP contribution in [-0.4, -0.2) is 24.5 Å². The lowest BCUT2D eigenvalue weighted by Gasteiger charge is -2.09. The predicted molar refractivity (Wildman–Crippen MR) is 81.2 cm³/mol. The molecule has 110 valence electrons. The number of aromatic carboxylic acids is 1. The molecule has 6 nitrogen and oxygen atoms in total. The number of pyridine rings is 1. The van der Waals surface area contributed by atoms with Gasteiger partial charge in [0.2, 0.25) is 0 Å². The van der Waals surface area contributed by atoms with Crippen LogP contribution in [0.25, 0.3) is 0 Å². The predicted octanol–water partition coefficient (Wildman–Crippen LogP) is 3.00. The Hall–Kier alpha value is -1.64. The van der Waals surface area contributed by atoms with Crippen molar-refractivity contribution in [2.75, 3.05) is 4.72 Å². The smallest absolute Gasteiger partial charge is 0.354 e. The van der Waals surface area contributed by atoms with Gasteiger partial charge in [-0.3, -0.25) is 4.72 Å². The molecule has 21 heavy (non-hydrogen) atoms. The zero-order valence-electron chi connectivity index (χ0n) is 10.2. The van der Waals surface area contributed by atoms with Gasteiger partial charge in [-0.15, -0.1) is 0 Å². The molecule has 0 saturated carbocycles. The second-order valence-corrected chi connectivity index (χ2v) is 6.89. The van der Waals surface area contributed by atoms with Gasteiger partial charge in [0, 0.05) is 4.47 Å². The average molecular weight is 392 g/mol. The lowest BCUT2D eigenvalue weighted by atomic mass is 10.3. The van der Waals surface area contributed by atoms with Crippen LogP contribution in [0.2, 0.25) is 5.02 Å². The third-order valence-corrected chi connectivity index (χ3v) is 4.78. The van der Waals surface area contributed by atoms with E-state index in [1.807, 2.05) is 0 Å². The number of hydrogen-bond donors (Lipinski definition) is 2. The zero-order chi connectivity index (χ0) is 15.6. The Morgan fingerprint density at radius 1 is 1.29 bits per heavy atom. The van der Waals surface area contributed by atoms with Crippen molar-refractivity contribution < 1.29 is 18.3 Å². The van der Waals surface area contributed by atoms with Crippen molar-refractivity contribution >= 4 is 49.2 Å². The maximum Gasteiger partial charge on any atom is 0.354 e. The van der Waals surface area contributed by atoms with E-state index in [0.717, 1.165) is 6.20 Å². The van der Waals surface area contributed by atoms with E-state index in [4.69, 9.17) is 16.7 Å². The minimum Gasteiger partial charge on any atom is -0.477 e. The second kappa shape index (κ2) is 6.00. The van der Waals surface area contributed by atoms with Gasteiger partial charge in [-0.2, -0.15) is 0 Å². The molecular formula is C12H8BrClN2O4S. The molecule has 0 radical (unpaired) electrons. The second-order valence-electron chi connectivity index (χ2n) is 3.92. The van der Waals surface area contributed by atoms with Crippen LogP contribution in [0.3, 0.4) is 0 Å². The number of carbonyl (C=O) groups is 1. The molecule has 0 bridgehead atoms. The number of nitrogens with zero attached hydrogens (tertiary/aromatic N) is 1. The summed E-state index contributed by atoms with van der Waals surface area (Å²) in [7, 11) is -3.88. The molecule has 2 N–H and O–H groups in total. The summed E-state index contributed by atoms with van der Waals surface area (Å²) in [6.45, 7) is 0. The Balaban J connectivity index is 2.30. The molecule has 2 rings (SSSR count). The van der Waals surface area contributed by atoms with Gasteiger partial charge in [0.25, 0.3) is 10.0 Å². The Labute approximate surface area is 134 Å². The molecule has 9 heteroatoms. The summed E-state index contributed by atoms with van der Waals surface area (Å²) in [5.41, 5.74) is -0.0430. The summed E-state index contributed by atoms with van der Waals surface area (Å²) in [5.74, 6) is -1.19. The van der Waals surface area contributed by atoms with Crippen molar-refractivity contribution in [2.45, 2.75) is 4.90 Å². The summed E-state index contributed by atoms with van der Waals surface area (Å²) in [4.78, 5) is 14.2. The first-order chi connectivity index (χ1) is 9.79. The summed E-state index contributed by atoms with van der Waals surface area (Å²) >= 11 is 9.09. The minimum atomic E-state index is -3.88. The quantitative estimate of drug-likeness (QED) is 0.835. The fourth-order valence-corrected chi connectivity index (χ4v) is 3.57. The summed E-state index contributed by atoms with van der Waals surface area (Å²) in [6, 6.07) is 6.87. The third-order valence-electron chi connectivity index (χ3n) is 2.42. The number of carboxylic acid groups (broad SMARTS) is 1. The molecule has 0 aliphatic heterocycles. The van der Waals surface area contributed by atoms with Crippen LogP contribution in [0.5, 0.6) is 0 Å². The van der Waals surface area contributed by atoms with Gasteiger partial charge < -0.3 is 5.11 Å². The first kappa shape index (κ1) is 15.7. The highest BCUT2D eigenvalue weighted by Crippen LogP contribution is 2.26. The molecule has 0 spiro atoms. The minimum absolute atomic E-state index is 0.0620. The van der Waals surface area contributed by atoms with E-state index in [9.17, 15) is 13.2 Å². The number of sulfonamides is 1. The summed E-state index contributed by atoms with van der Waals surface area (Å²) in [5, 5.41) is 8.79. The van der Waals surface area contributed by atoms with Crippen molar-refractivity contribution in [2.24, 2.45) is 0 Å². The van der Waals surface area contributed by atoms with Gasteiger partial charge in [-0.05, 0) is 30.3 Å². The number of anilines is 1. The molecule has 0 unspecified atom stereocenters. The zero-order valence-corrected chi connectivity index (χ0v) is 13.4. The Morgan fingerprint density at radius 2 is 2.00 bits per heavy atom. The maximum atomic E-state index is 12.2. The Kier molecular flexibility index (Phi) is 4.50. The van der Waals surface area contributed by atoms with Gasteiger partial charge in [0.15, 0.2) is 0 Å². The number of aromatic nitrogens is 1. The fraction of sp³-hybridized carbons (Fsp3) is 0. The molecule has 0 amide bonds. The van der Waals surface area contributed by atoms with Crippen LogP contribution in [0, 0.1) is 0 Å². The molecule has 1 aromatic heterocycles. The number of benzene rings is 1. The SMILES string of the molecule is O=C(O)c1ccc(NS(=O)(=O)c2ccc(Br)cc2Cl)cn1. The highest BCUT2D eigenvalue weighted by atomic mass is 79.9. The summed E-state index contributed by atoms with van der Waals surface area (Å²) in [6.07, 6.45) is 1.12. The van der Waals surface area contributed by atoms with Crippen molar-refractivity contribution in [1.82, 2.24) is 4.98 Å². The maximum absolute atomic E-state index is 12.2. The summed E-state index contributed by atoms with van der Waals surface area (Å²) < 4.78 is 27.3. The van der Waals surface area contributed by atoms with Crippen molar-refractivity contribution in [3.63, 3.8) is 0 Å². The van der Waals surface area contributed by atoms with E-state index in [2.05, 4.69) is 25.6 Å². The first-order valence-electron chi connectivity index (χ1n) is 5.47. The first-order valence-corrected chi connectivity index (χ1v) is 8.12. The van der Waals surface area contributed by atoms with Gasteiger partial charge in [0.05, 0.1) is 16.9 Å². The Morgan fingerprint density at radius 3 is 2.52 bits per heavy atom. The molecule has 0 aliphatic carbocycles. The van der Waals surface area contributed by atoms with E-state index < -0.39 is 16.0 Å². The molecule has 0 fully saturated rings. The number of hydrogen-bond acceptors (Lipinski definition) is 4. The van der Waals surface area contributed by atoms with Crippen LogP contribution in [0.1, 0.15) is 10.5 Å². The van der Waals surface area contributed by atoms with Gasteiger partial charge >= 0.3 is 5.97 Å². The van der Waals surface area contributed by atoms with Crippen molar-refractivity contribution in [3.8, 4) is 0 Å². The highest BCUT2D eigenvalue weighted by Gasteiger charge is 2.18. The van der Waals surface area contributed by atoms with E-state index in [1.165, 1.54) is 24.3 Å². The van der Waals surface area contributed by atoms with Crippen LogP contribution in [0.4, 0.5) is 5.69 Å². The molecular weight excluding hydrogens is 384 g/mol. The van der Waals surface area contributed by atoms with Crippen molar-refractivity contribution in [3.05, 3.63) is 51.7 Å². The molecule has 0 aliphatic rings. The lowest BCUT2D eigenvalue weighted by molar-refractivity contribution is 0.0690.